The van der Waals surface area contributed by atoms with Crippen LogP contribution in [0.15, 0.2) is 47.1 Å². The third kappa shape index (κ3) is 3.14. The van der Waals surface area contributed by atoms with Gasteiger partial charge >= 0.3 is 0 Å². The van der Waals surface area contributed by atoms with E-state index in [1.165, 1.54) is 24.4 Å². The first-order valence-corrected chi connectivity index (χ1v) is 6.03. The highest BCUT2D eigenvalue weighted by Gasteiger charge is 2.13. The van der Waals surface area contributed by atoms with Gasteiger partial charge in [-0.3, -0.25) is 14.9 Å². The largest absolute Gasteiger partial charge is 0.320 e. The Morgan fingerprint density at radius 1 is 1.32 bits per heavy atom. The van der Waals surface area contributed by atoms with Crippen LogP contribution in [0.4, 0.5) is 11.4 Å². The summed E-state index contributed by atoms with van der Waals surface area (Å²) in [7, 11) is 0. The lowest BCUT2D eigenvalue weighted by Gasteiger charge is -2.05. The van der Waals surface area contributed by atoms with Gasteiger partial charge in [-0.1, -0.05) is 6.07 Å². The van der Waals surface area contributed by atoms with Crippen molar-refractivity contribution in [3.63, 3.8) is 0 Å². The fraction of sp³-hybridized carbons (Fsp3) is 0. The number of benzene rings is 1. The van der Waals surface area contributed by atoms with Crippen LogP contribution in [-0.4, -0.2) is 15.8 Å². The van der Waals surface area contributed by atoms with Crippen molar-refractivity contribution < 1.29 is 9.72 Å². The van der Waals surface area contributed by atoms with Crippen molar-refractivity contribution in [3.8, 4) is 0 Å². The van der Waals surface area contributed by atoms with Gasteiger partial charge in [0, 0.05) is 28.5 Å². The number of carbonyl (C=O) groups is 1. The summed E-state index contributed by atoms with van der Waals surface area (Å²) in [5.74, 6) is -0.437. The molecule has 0 unspecified atom stereocenters. The predicted molar refractivity (Wildman–Crippen MR) is 73.0 cm³/mol. The molecule has 0 aliphatic carbocycles. The van der Waals surface area contributed by atoms with E-state index in [0.29, 0.717) is 10.2 Å². The lowest BCUT2D eigenvalue weighted by molar-refractivity contribution is -0.384. The highest BCUT2D eigenvalue weighted by molar-refractivity contribution is 9.10. The first-order valence-electron chi connectivity index (χ1n) is 5.24. The average Bonchev–Trinajstić information content (AvgIpc) is 2.39. The van der Waals surface area contributed by atoms with Gasteiger partial charge in [-0.25, -0.2) is 4.98 Å². The van der Waals surface area contributed by atoms with Crippen LogP contribution in [0.3, 0.4) is 0 Å². The number of carbonyl (C=O) groups excluding carboxylic acids is 1. The normalized spacial score (nSPS) is 9.95. The SMILES string of the molecule is O=C(Nc1cccc([N+](=O)[O-])c1)c1ncccc1Br. The Kier molecular flexibility index (Phi) is 3.86. The van der Waals surface area contributed by atoms with Gasteiger partial charge in [-0.05, 0) is 34.1 Å². The van der Waals surface area contributed by atoms with E-state index in [9.17, 15) is 14.9 Å². The molecule has 0 radical (unpaired) electrons. The Balaban J connectivity index is 2.22. The molecule has 1 aromatic carbocycles. The van der Waals surface area contributed by atoms with Gasteiger partial charge in [-0.15, -0.1) is 0 Å². The standard InChI is InChI=1S/C12H8BrN3O3/c13-10-5-2-6-14-11(10)12(17)15-8-3-1-4-9(7-8)16(18)19/h1-7H,(H,15,17). The Hall–Kier alpha value is -2.28. The number of nitrogens with zero attached hydrogens (tertiary/aromatic N) is 2. The smallest absolute Gasteiger partial charge is 0.275 e. The van der Waals surface area contributed by atoms with Crippen molar-refractivity contribution in [2.24, 2.45) is 0 Å². The summed E-state index contributed by atoms with van der Waals surface area (Å²) in [6.07, 6.45) is 1.49. The zero-order chi connectivity index (χ0) is 13.8. The van der Waals surface area contributed by atoms with E-state index in [1.54, 1.807) is 18.2 Å². The summed E-state index contributed by atoms with van der Waals surface area (Å²) in [6, 6.07) is 9.09. The van der Waals surface area contributed by atoms with E-state index in [-0.39, 0.29) is 11.4 Å². The Labute approximate surface area is 116 Å². The molecule has 0 aliphatic rings. The van der Waals surface area contributed by atoms with Crippen LogP contribution < -0.4 is 5.32 Å². The molecule has 0 atom stereocenters. The highest BCUT2D eigenvalue weighted by Crippen LogP contribution is 2.19. The van der Waals surface area contributed by atoms with E-state index in [1.807, 2.05) is 0 Å². The third-order valence-corrected chi connectivity index (χ3v) is 2.93. The summed E-state index contributed by atoms with van der Waals surface area (Å²) in [5.41, 5.74) is 0.476. The van der Waals surface area contributed by atoms with E-state index in [4.69, 9.17) is 0 Å². The van der Waals surface area contributed by atoms with Gasteiger partial charge in [0.25, 0.3) is 11.6 Å². The Bertz CT molecular complexity index is 646. The molecular weight excluding hydrogens is 314 g/mol. The summed E-state index contributed by atoms with van der Waals surface area (Å²) < 4.78 is 0.554. The molecule has 1 amide bonds. The first kappa shape index (κ1) is 13.2. The minimum atomic E-state index is -0.521. The van der Waals surface area contributed by atoms with Gasteiger partial charge < -0.3 is 5.32 Å². The molecule has 96 valence electrons. The van der Waals surface area contributed by atoms with E-state index >= 15 is 0 Å². The molecule has 1 aromatic heterocycles. The predicted octanol–water partition coefficient (Wildman–Crippen LogP) is 3.00. The van der Waals surface area contributed by atoms with E-state index in [0.717, 1.165) is 0 Å². The Morgan fingerprint density at radius 3 is 2.79 bits per heavy atom. The van der Waals surface area contributed by atoms with E-state index in [2.05, 4.69) is 26.2 Å². The number of nitrogens with one attached hydrogen (secondary N) is 1. The summed E-state index contributed by atoms with van der Waals surface area (Å²) in [5, 5.41) is 13.2. The van der Waals surface area contributed by atoms with Crippen molar-refractivity contribution in [2.75, 3.05) is 5.32 Å². The van der Waals surface area contributed by atoms with Crippen molar-refractivity contribution in [1.29, 1.82) is 0 Å². The minimum Gasteiger partial charge on any atom is -0.320 e. The number of pyridine rings is 1. The van der Waals surface area contributed by atoms with Gasteiger partial charge in [-0.2, -0.15) is 0 Å². The number of hydrogen-bond acceptors (Lipinski definition) is 4. The second-order valence-corrected chi connectivity index (χ2v) is 4.45. The number of aromatic nitrogens is 1. The molecule has 0 aliphatic heterocycles. The van der Waals surface area contributed by atoms with Crippen LogP contribution in [-0.2, 0) is 0 Å². The molecule has 0 saturated heterocycles. The summed E-state index contributed by atoms with van der Waals surface area (Å²) in [4.78, 5) is 26.0. The van der Waals surface area contributed by atoms with E-state index < -0.39 is 10.8 Å². The summed E-state index contributed by atoms with van der Waals surface area (Å²) >= 11 is 3.22. The highest BCUT2D eigenvalue weighted by atomic mass is 79.9. The zero-order valence-electron chi connectivity index (χ0n) is 9.54. The number of halogens is 1. The number of anilines is 1. The molecular formula is C12H8BrN3O3. The molecule has 19 heavy (non-hydrogen) atoms. The minimum absolute atomic E-state index is 0.0853. The molecule has 2 aromatic rings. The maximum atomic E-state index is 11.9. The maximum Gasteiger partial charge on any atom is 0.275 e. The lowest BCUT2D eigenvalue weighted by atomic mass is 10.2. The number of hydrogen-bond donors (Lipinski definition) is 1. The van der Waals surface area contributed by atoms with Crippen LogP contribution >= 0.6 is 15.9 Å². The Morgan fingerprint density at radius 2 is 2.11 bits per heavy atom. The summed E-state index contributed by atoms with van der Waals surface area (Å²) in [6.45, 7) is 0. The van der Waals surface area contributed by atoms with Gasteiger partial charge in [0.2, 0.25) is 0 Å². The first-order chi connectivity index (χ1) is 9.08. The molecule has 0 fully saturated rings. The van der Waals surface area contributed by atoms with Gasteiger partial charge in [0.1, 0.15) is 5.69 Å². The second kappa shape index (κ2) is 5.57. The second-order valence-electron chi connectivity index (χ2n) is 3.60. The van der Waals surface area contributed by atoms with Crippen molar-refractivity contribution in [2.45, 2.75) is 0 Å². The van der Waals surface area contributed by atoms with Crippen LogP contribution in [0, 0.1) is 10.1 Å². The quantitative estimate of drug-likeness (QED) is 0.695. The topological polar surface area (TPSA) is 85.1 Å². The van der Waals surface area contributed by atoms with Crippen LogP contribution in [0.5, 0.6) is 0 Å². The number of rotatable bonds is 3. The number of non-ortho nitro benzene ring substituents is 1. The van der Waals surface area contributed by atoms with Crippen molar-refractivity contribution in [3.05, 3.63) is 62.9 Å². The van der Waals surface area contributed by atoms with Crippen LogP contribution in [0.25, 0.3) is 0 Å². The molecule has 1 heterocycles. The molecule has 2 rings (SSSR count). The maximum absolute atomic E-state index is 11.9. The molecule has 0 saturated carbocycles. The monoisotopic (exact) mass is 321 g/mol. The van der Waals surface area contributed by atoms with Crippen molar-refractivity contribution in [1.82, 2.24) is 4.98 Å². The molecule has 1 N–H and O–H groups in total. The van der Waals surface area contributed by atoms with Crippen molar-refractivity contribution >= 4 is 33.2 Å². The zero-order valence-corrected chi connectivity index (χ0v) is 11.1. The molecule has 0 bridgehead atoms. The van der Waals surface area contributed by atoms with Gasteiger partial charge in [0.05, 0.1) is 4.92 Å². The fourth-order valence-corrected chi connectivity index (χ4v) is 1.88. The number of nitro groups is 1. The molecule has 6 nitrogen and oxygen atoms in total. The lowest BCUT2D eigenvalue weighted by Crippen LogP contribution is -2.14. The fourth-order valence-electron chi connectivity index (χ4n) is 1.44. The average molecular weight is 322 g/mol. The number of nitro benzene ring substituents is 1. The number of amides is 1. The molecule has 7 heteroatoms. The van der Waals surface area contributed by atoms with Crippen LogP contribution in [0.1, 0.15) is 10.5 Å². The third-order valence-electron chi connectivity index (χ3n) is 2.29. The molecule has 0 spiro atoms. The van der Waals surface area contributed by atoms with Gasteiger partial charge in [0.15, 0.2) is 0 Å². The van der Waals surface area contributed by atoms with Crippen LogP contribution in [0.2, 0.25) is 0 Å².